The lowest BCUT2D eigenvalue weighted by Crippen LogP contribution is -2.34. The lowest BCUT2D eigenvalue weighted by Gasteiger charge is -2.25. The average Bonchev–Trinajstić information content (AvgIpc) is 3.49. The van der Waals surface area contributed by atoms with E-state index in [1.165, 1.54) is 5.56 Å². The lowest BCUT2D eigenvalue weighted by atomic mass is 10.1. The van der Waals surface area contributed by atoms with Crippen molar-refractivity contribution in [2.24, 2.45) is 13.0 Å². The Balaban J connectivity index is 1.65. The van der Waals surface area contributed by atoms with E-state index in [0.717, 1.165) is 28.3 Å². The molecule has 0 saturated carbocycles. The summed E-state index contributed by atoms with van der Waals surface area (Å²) in [5.41, 5.74) is 3.96. The molecular formula is C30H37N3O4. The first-order chi connectivity index (χ1) is 17.9. The van der Waals surface area contributed by atoms with Crippen LogP contribution in [0.25, 0.3) is 11.3 Å². The van der Waals surface area contributed by atoms with Crippen molar-refractivity contribution in [1.29, 1.82) is 0 Å². The maximum atomic E-state index is 10.8. The van der Waals surface area contributed by atoms with Crippen LogP contribution in [-0.2, 0) is 24.9 Å². The number of aliphatic hydroxyl groups excluding tert-OH is 1. The summed E-state index contributed by atoms with van der Waals surface area (Å²) in [5, 5.41) is 15.7. The van der Waals surface area contributed by atoms with Gasteiger partial charge in [-0.2, -0.15) is 5.10 Å². The molecule has 2 aromatic carbocycles. The minimum absolute atomic E-state index is 0.276. The predicted octanol–water partition coefficient (Wildman–Crippen LogP) is 5.82. The van der Waals surface area contributed by atoms with Gasteiger partial charge in [0.05, 0.1) is 31.1 Å². The van der Waals surface area contributed by atoms with Gasteiger partial charge in [-0.1, -0.05) is 61.9 Å². The van der Waals surface area contributed by atoms with Crippen molar-refractivity contribution in [2.45, 2.75) is 40.0 Å². The van der Waals surface area contributed by atoms with E-state index in [9.17, 15) is 5.11 Å². The van der Waals surface area contributed by atoms with Crippen LogP contribution >= 0.6 is 0 Å². The number of nitrogens with zero attached hydrogens (tertiary/aromatic N) is 3. The Morgan fingerprint density at radius 2 is 1.73 bits per heavy atom. The predicted molar refractivity (Wildman–Crippen MR) is 144 cm³/mol. The zero-order chi connectivity index (χ0) is 26.2. The monoisotopic (exact) mass is 503 g/mol. The number of rotatable bonds is 13. The van der Waals surface area contributed by atoms with Crippen LogP contribution in [0.15, 0.2) is 77.4 Å². The van der Waals surface area contributed by atoms with E-state index in [2.05, 4.69) is 25.7 Å². The Morgan fingerprint density at radius 3 is 2.41 bits per heavy atom. The maximum Gasteiger partial charge on any atom is 0.222 e. The molecule has 0 bridgehead atoms. The fourth-order valence-electron chi connectivity index (χ4n) is 4.19. The standard InChI is InChI=1S/C30H37N3O4/c1-22(2)20-35-21-25(34)17-33(18-27-11-8-16-36-27)19-28-29(24-9-6-5-7-10-24)31-32(4)30(28)37-26-14-12-23(3)13-15-26/h5-16,22,25,34H,17-21H2,1-4H3/t25-/m1/s1. The van der Waals surface area contributed by atoms with Crippen LogP contribution in [-0.4, -0.2) is 45.6 Å². The second kappa shape index (κ2) is 12.7. The molecule has 7 nitrogen and oxygen atoms in total. The van der Waals surface area contributed by atoms with Gasteiger partial charge in [0.1, 0.15) is 17.2 Å². The number of aliphatic hydroxyl groups is 1. The molecule has 1 atom stereocenters. The Morgan fingerprint density at radius 1 is 0.973 bits per heavy atom. The van der Waals surface area contributed by atoms with E-state index in [-0.39, 0.29) is 6.61 Å². The van der Waals surface area contributed by atoms with Crippen LogP contribution in [0.4, 0.5) is 0 Å². The Kier molecular flexibility index (Phi) is 9.17. The first-order valence-corrected chi connectivity index (χ1v) is 12.8. The third-order valence-corrected chi connectivity index (χ3v) is 5.94. The van der Waals surface area contributed by atoms with Crippen LogP contribution in [0, 0.1) is 12.8 Å². The summed E-state index contributed by atoms with van der Waals surface area (Å²) < 4.78 is 19.5. The summed E-state index contributed by atoms with van der Waals surface area (Å²) in [5.74, 6) is 2.64. The average molecular weight is 504 g/mol. The molecule has 2 heterocycles. The number of hydrogen-bond acceptors (Lipinski definition) is 6. The highest BCUT2D eigenvalue weighted by Gasteiger charge is 2.24. The molecule has 0 unspecified atom stereocenters. The van der Waals surface area contributed by atoms with Crippen molar-refractivity contribution in [3.8, 4) is 22.9 Å². The molecule has 0 aliphatic rings. The van der Waals surface area contributed by atoms with Crippen LogP contribution in [0.2, 0.25) is 0 Å². The number of aromatic nitrogens is 2. The van der Waals surface area contributed by atoms with E-state index >= 15 is 0 Å². The number of aryl methyl sites for hydroxylation is 2. The third kappa shape index (κ3) is 7.55. The van der Waals surface area contributed by atoms with Gasteiger partial charge >= 0.3 is 0 Å². The van der Waals surface area contributed by atoms with Crippen molar-refractivity contribution in [1.82, 2.24) is 14.7 Å². The number of hydrogen-bond donors (Lipinski definition) is 1. The van der Waals surface area contributed by atoms with E-state index in [1.807, 2.05) is 73.8 Å². The molecule has 0 spiro atoms. The van der Waals surface area contributed by atoms with Crippen molar-refractivity contribution in [3.05, 3.63) is 89.9 Å². The van der Waals surface area contributed by atoms with Gasteiger partial charge in [-0.25, -0.2) is 4.68 Å². The summed E-state index contributed by atoms with van der Waals surface area (Å²) in [4.78, 5) is 2.15. The molecule has 196 valence electrons. The highest BCUT2D eigenvalue weighted by Crippen LogP contribution is 2.34. The van der Waals surface area contributed by atoms with Crippen molar-refractivity contribution in [3.63, 3.8) is 0 Å². The molecule has 0 amide bonds. The van der Waals surface area contributed by atoms with Gasteiger partial charge in [-0.3, -0.25) is 4.90 Å². The number of benzene rings is 2. The van der Waals surface area contributed by atoms with Gasteiger partial charge < -0.3 is 19.0 Å². The highest BCUT2D eigenvalue weighted by molar-refractivity contribution is 5.65. The van der Waals surface area contributed by atoms with Gasteiger partial charge in [0.25, 0.3) is 0 Å². The smallest absolute Gasteiger partial charge is 0.222 e. The minimum atomic E-state index is -0.646. The first-order valence-electron chi connectivity index (χ1n) is 12.8. The number of ether oxygens (including phenoxy) is 2. The Bertz CT molecular complexity index is 1220. The molecule has 4 aromatic rings. The molecule has 0 saturated heterocycles. The SMILES string of the molecule is Cc1ccc(Oc2c(CN(Cc3ccco3)C[C@@H](O)COCC(C)C)c(-c3ccccc3)nn2C)cc1. The molecule has 2 aromatic heterocycles. The van der Waals surface area contributed by atoms with E-state index < -0.39 is 6.10 Å². The first kappa shape index (κ1) is 26.7. The third-order valence-electron chi connectivity index (χ3n) is 5.94. The summed E-state index contributed by atoms with van der Waals surface area (Å²) >= 11 is 0. The topological polar surface area (TPSA) is 72.9 Å². The highest BCUT2D eigenvalue weighted by atomic mass is 16.5. The van der Waals surface area contributed by atoms with Gasteiger partial charge in [0.15, 0.2) is 0 Å². The molecule has 0 aliphatic carbocycles. The largest absolute Gasteiger partial charge is 0.468 e. The number of furan rings is 1. The van der Waals surface area contributed by atoms with E-state index in [4.69, 9.17) is 19.0 Å². The molecular weight excluding hydrogens is 466 g/mol. The molecule has 37 heavy (non-hydrogen) atoms. The van der Waals surface area contributed by atoms with E-state index in [1.54, 1.807) is 10.9 Å². The molecule has 4 rings (SSSR count). The van der Waals surface area contributed by atoms with Crippen molar-refractivity contribution in [2.75, 3.05) is 19.8 Å². The van der Waals surface area contributed by atoms with Crippen LogP contribution in [0.1, 0.15) is 30.7 Å². The maximum absolute atomic E-state index is 10.8. The van der Waals surface area contributed by atoms with Crippen LogP contribution in [0.3, 0.4) is 0 Å². The molecule has 0 aliphatic heterocycles. The fourth-order valence-corrected chi connectivity index (χ4v) is 4.19. The van der Waals surface area contributed by atoms with Crippen molar-refractivity contribution >= 4 is 0 Å². The van der Waals surface area contributed by atoms with Gasteiger partial charge in [-0.15, -0.1) is 0 Å². The fraction of sp³-hybridized carbons (Fsp3) is 0.367. The van der Waals surface area contributed by atoms with Gasteiger partial charge in [-0.05, 0) is 37.1 Å². The summed E-state index contributed by atoms with van der Waals surface area (Å²) in [6.07, 6.45) is 1.02. The summed E-state index contributed by atoms with van der Waals surface area (Å²) in [6, 6.07) is 21.9. The molecule has 7 heteroatoms. The second-order valence-corrected chi connectivity index (χ2v) is 9.87. The summed E-state index contributed by atoms with van der Waals surface area (Å²) in [7, 11) is 1.89. The Hall–Kier alpha value is -3.39. The normalized spacial score (nSPS) is 12.4. The second-order valence-electron chi connectivity index (χ2n) is 9.87. The minimum Gasteiger partial charge on any atom is -0.468 e. The zero-order valence-electron chi connectivity index (χ0n) is 22.1. The van der Waals surface area contributed by atoms with Gasteiger partial charge in [0, 0.05) is 32.3 Å². The molecule has 0 fully saturated rings. The molecule has 1 N–H and O–H groups in total. The quantitative estimate of drug-likeness (QED) is 0.248. The Labute approximate surface area is 219 Å². The van der Waals surface area contributed by atoms with Crippen LogP contribution in [0.5, 0.6) is 11.6 Å². The summed E-state index contributed by atoms with van der Waals surface area (Å²) in [6.45, 7) is 8.57. The van der Waals surface area contributed by atoms with Gasteiger partial charge in [0.2, 0.25) is 5.88 Å². The van der Waals surface area contributed by atoms with Crippen molar-refractivity contribution < 1.29 is 19.0 Å². The van der Waals surface area contributed by atoms with E-state index in [0.29, 0.717) is 38.0 Å². The zero-order valence-corrected chi connectivity index (χ0v) is 22.1. The molecule has 0 radical (unpaired) electrons. The lowest BCUT2D eigenvalue weighted by molar-refractivity contribution is 0.00453. The van der Waals surface area contributed by atoms with Crippen LogP contribution < -0.4 is 4.74 Å².